The molecular formula is C22H23ClN4O7. The van der Waals surface area contributed by atoms with Crippen molar-refractivity contribution in [3.8, 4) is 0 Å². The van der Waals surface area contributed by atoms with Gasteiger partial charge in [-0.3, -0.25) is 25.0 Å². The van der Waals surface area contributed by atoms with E-state index in [-0.39, 0.29) is 22.8 Å². The standard InChI is InChI=1S/C22H23ClN4O7/c1-13(2)19(26-20(29)16-9-8-15(27(32)33)10-17(16)23)21(30)34-12-18(28)25-22(31)24-11-14-6-4-3-5-7-14/h3-10,13,19H,11-12H2,1-2H3,(H,26,29)(H2,24,25,28,31). The van der Waals surface area contributed by atoms with E-state index in [1.54, 1.807) is 38.1 Å². The van der Waals surface area contributed by atoms with Gasteiger partial charge in [-0.05, 0) is 17.5 Å². The molecule has 4 amide bonds. The van der Waals surface area contributed by atoms with Crippen LogP contribution in [0.5, 0.6) is 0 Å². The monoisotopic (exact) mass is 490 g/mol. The van der Waals surface area contributed by atoms with Crippen LogP contribution in [0.15, 0.2) is 48.5 Å². The molecule has 2 aromatic carbocycles. The predicted octanol–water partition coefficient (Wildman–Crippen LogP) is 2.57. The van der Waals surface area contributed by atoms with E-state index in [9.17, 15) is 29.3 Å². The van der Waals surface area contributed by atoms with Gasteiger partial charge in [-0.25, -0.2) is 9.59 Å². The Balaban J connectivity index is 1.88. The summed E-state index contributed by atoms with van der Waals surface area (Å²) in [7, 11) is 0. The number of halogens is 1. The lowest BCUT2D eigenvalue weighted by Crippen LogP contribution is -2.47. The largest absolute Gasteiger partial charge is 0.454 e. The van der Waals surface area contributed by atoms with Crippen molar-refractivity contribution in [3.05, 3.63) is 74.8 Å². The number of carbonyl (C=O) groups is 4. The minimum absolute atomic E-state index is 0.0708. The SMILES string of the molecule is CC(C)C(NC(=O)c1ccc([N+](=O)[O-])cc1Cl)C(=O)OCC(=O)NC(=O)NCc1ccccc1. The highest BCUT2D eigenvalue weighted by molar-refractivity contribution is 6.34. The molecule has 1 atom stereocenters. The fourth-order valence-electron chi connectivity index (χ4n) is 2.73. The fourth-order valence-corrected chi connectivity index (χ4v) is 2.99. The third kappa shape index (κ3) is 7.85. The molecule has 0 saturated carbocycles. The molecule has 180 valence electrons. The lowest BCUT2D eigenvalue weighted by atomic mass is 10.0. The molecular weight excluding hydrogens is 468 g/mol. The van der Waals surface area contributed by atoms with Crippen LogP contribution >= 0.6 is 11.6 Å². The first-order valence-corrected chi connectivity index (χ1v) is 10.5. The van der Waals surface area contributed by atoms with Crippen molar-refractivity contribution in [1.29, 1.82) is 0 Å². The number of carbonyl (C=O) groups excluding carboxylic acids is 4. The van der Waals surface area contributed by atoms with Gasteiger partial charge in [0.1, 0.15) is 6.04 Å². The zero-order valence-corrected chi connectivity index (χ0v) is 19.1. The number of hydrogen-bond donors (Lipinski definition) is 3. The number of rotatable bonds is 9. The van der Waals surface area contributed by atoms with Crippen molar-refractivity contribution in [2.75, 3.05) is 6.61 Å². The van der Waals surface area contributed by atoms with E-state index >= 15 is 0 Å². The van der Waals surface area contributed by atoms with Crippen LogP contribution in [0, 0.1) is 16.0 Å². The normalized spacial score (nSPS) is 11.3. The number of imide groups is 1. The number of nitro groups is 1. The Bertz CT molecular complexity index is 1080. The number of hydrogen-bond acceptors (Lipinski definition) is 7. The van der Waals surface area contributed by atoms with Gasteiger partial charge >= 0.3 is 12.0 Å². The molecule has 0 aliphatic carbocycles. The average molecular weight is 491 g/mol. The molecule has 0 saturated heterocycles. The van der Waals surface area contributed by atoms with Crippen molar-refractivity contribution < 1.29 is 28.8 Å². The minimum atomic E-state index is -1.14. The van der Waals surface area contributed by atoms with Crippen molar-refractivity contribution >= 4 is 41.1 Å². The minimum Gasteiger partial charge on any atom is -0.454 e. The summed E-state index contributed by atoms with van der Waals surface area (Å²) in [6, 6.07) is 10.4. The molecule has 2 aromatic rings. The van der Waals surface area contributed by atoms with Gasteiger partial charge in [0.15, 0.2) is 6.61 Å². The van der Waals surface area contributed by atoms with Gasteiger partial charge in [0.2, 0.25) is 0 Å². The Morgan fingerprint density at radius 1 is 1.09 bits per heavy atom. The van der Waals surface area contributed by atoms with Crippen LogP contribution < -0.4 is 16.0 Å². The van der Waals surface area contributed by atoms with Crippen molar-refractivity contribution in [2.45, 2.75) is 26.4 Å². The molecule has 34 heavy (non-hydrogen) atoms. The summed E-state index contributed by atoms with van der Waals surface area (Å²) >= 11 is 5.95. The van der Waals surface area contributed by atoms with Crippen LogP contribution in [-0.4, -0.2) is 41.4 Å². The Hall–Kier alpha value is -3.99. The van der Waals surface area contributed by atoms with E-state index in [2.05, 4.69) is 10.6 Å². The number of nitrogens with one attached hydrogen (secondary N) is 3. The predicted molar refractivity (Wildman–Crippen MR) is 122 cm³/mol. The maximum Gasteiger partial charge on any atom is 0.329 e. The Labute approximate surface area is 200 Å². The quantitative estimate of drug-likeness (QED) is 0.277. The van der Waals surface area contributed by atoms with Gasteiger partial charge in [-0.15, -0.1) is 0 Å². The molecule has 11 nitrogen and oxygen atoms in total. The molecule has 0 aliphatic heterocycles. The Kier molecular flexibility index (Phi) is 9.50. The molecule has 1 unspecified atom stereocenters. The second kappa shape index (κ2) is 12.3. The number of nitro benzene ring substituents is 1. The molecule has 2 rings (SSSR count). The molecule has 0 aromatic heterocycles. The summed E-state index contributed by atoms with van der Waals surface area (Å²) in [6.45, 7) is 2.74. The highest BCUT2D eigenvalue weighted by Crippen LogP contribution is 2.22. The number of urea groups is 1. The van der Waals surface area contributed by atoms with Crippen LogP contribution in [0.25, 0.3) is 0 Å². The molecule has 0 fully saturated rings. The molecule has 0 bridgehead atoms. The molecule has 3 N–H and O–H groups in total. The number of nitrogens with zero attached hydrogens (tertiary/aromatic N) is 1. The zero-order valence-electron chi connectivity index (χ0n) is 18.4. The Morgan fingerprint density at radius 3 is 2.35 bits per heavy atom. The van der Waals surface area contributed by atoms with Crippen molar-refractivity contribution in [3.63, 3.8) is 0 Å². The number of benzene rings is 2. The van der Waals surface area contributed by atoms with Crippen molar-refractivity contribution in [2.24, 2.45) is 5.92 Å². The smallest absolute Gasteiger partial charge is 0.329 e. The number of ether oxygens (including phenoxy) is 1. The van der Waals surface area contributed by atoms with E-state index in [1.807, 2.05) is 11.4 Å². The average Bonchev–Trinajstić information content (AvgIpc) is 2.79. The van der Waals surface area contributed by atoms with Gasteiger partial charge in [-0.2, -0.15) is 0 Å². The molecule has 0 radical (unpaired) electrons. The van der Waals surface area contributed by atoms with Crippen LogP contribution in [0.3, 0.4) is 0 Å². The number of non-ortho nitro benzene ring substituents is 1. The lowest BCUT2D eigenvalue weighted by molar-refractivity contribution is -0.384. The first-order valence-electron chi connectivity index (χ1n) is 10.1. The van der Waals surface area contributed by atoms with Crippen LogP contribution in [0.1, 0.15) is 29.8 Å². The number of esters is 1. The van der Waals surface area contributed by atoms with E-state index in [1.165, 1.54) is 6.07 Å². The highest BCUT2D eigenvalue weighted by atomic mass is 35.5. The molecule has 0 spiro atoms. The second-order valence-corrected chi connectivity index (χ2v) is 7.85. The van der Waals surface area contributed by atoms with Gasteiger partial charge < -0.3 is 15.4 Å². The maximum absolute atomic E-state index is 12.5. The van der Waals surface area contributed by atoms with E-state index in [0.29, 0.717) is 0 Å². The molecule has 0 aliphatic rings. The second-order valence-electron chi connectivity index (χ2n) is 7.44. The highest BCUT2D eigenvalue weighted by Gasteiger charge is 2.28. The van der Waals surface area contributed by atoms with Crippen LogP contribution in [0.2, 0.25) is 5.02 Å². The van der Waals surface area contributed by atoms with Gasteiger partial charge in [0, 0.05) is 18.7 Å². The van der Waals surface area contributed by atoms with E-state index in [4.69, 9.17) is 16.3 Å². The fraction of sp³-hybridized carbons (Fsp3) is 0.273. The van der Waals surface area contributed by atoms with Crippen LogP contribution in [0.4, 0.5) is 10.5 Å². The summed E-state index contributed by atoms with van der Waals surface area (Å²) in [5.74, 6) is -2.93. The van der Waals surface area contributed by atoms with Gasteiger partial charge in [-0.1, -0.05) is 55.8 Å². The molecule has 12 heteroatoms. The summed E-state index contributed by atoms with van der Waals surface area (Å²) in [5, 5.41) is 17.6. The summed E-state index contributed by atoms with van der Waals surface area (Å²) in [6.07, 6.45) is 0. The Morgan fingerprint density at radius 2 is 1.76 bits per heavy atom. The lowest BCUT2D eigenvalue weighted by Gasteiger charge is -2.21. The van der Waals surface area contributed by atoms with Gasteiger partial charge in [0.05, 0.1) is 15.5 Å². The number of amides is 4. The summed E-state index contributed by atoms with van der Waals surface area (Å²) in [4.78, 5) is 58.9. The first-order chi connectivity index (χ1) is 16.1. The third-order valence-corrected chi connectivity index (χ3v) is 4.82. The zero-order chi connectivity index (χ0) is 25.3. The first kappa shape index (κ1) is 26.3. The summed E-state index contributed by atoms with van der Waals surface area (Å²) < 4.78 is 4.94. The van der Waals surface area contributed by atoms with Gasteiger partial charge in [0.25, 0.3) is 17.5 Å². The van der Waals surface area contributed by atoms with Crippen molar-refractivity contribution in [1.82, 2.24) is 16.0 Å². The molecule has 0 heterocycles. The maximum atomic E-state index is 12.5. The van der Waals surface area contributed by atoms with Crippen LogP contribution in [-0.2, 0) is 20.9 Å². The topological polar surface area (TPSA) is 157 Å². The van der Waals surface area contributed by atoms with E-state index < -0.39 is 47.3 Å². The van der Waals surface area contributed by atoms with E-state index in [0.717, 1.165) is 17.7 Å². The third-order valence-electron chi connectivity index (χ3n) is 4.51. The summed E-state index contributed by atoms with van der Waals surface area (Å²) in [5.41, 5.74) is 0.471.